The lowest BCUT2D eigenvalue weighted by molar-refractivity contribution is 0.333. The van der Waals surface area contributed by atoms with Crippen LogP contribution in [0, 0.1) is 12.8 Å². The first kappa shape index (κ1) is 14.9. The van der Waals surface area contributed by atoms with Crippen molar-refractivity contribution in [3.05, 3.63) is 29.8 Å². The fraction of sp³-hybridized carbons (Fsp3) is 0.588. The highest BCUT2D eigenvalue weighted by Gasteiger charge is 2.42. The standard InChI is InChI=1S/C17H27N3/c1-5-13(3)11-17(6-2)12-19-16(18)20(17)15-9-7-8-14(4)10-15/h7-10,13H,5-6,11-12H2,1-4H3,(H2,18,19). The summed E-state index contributed by atoms with van der Waals surface area (Å²) in [5, 5.41) is 0. The van der Waals surface area contributed by atoms with Crippen molar-refractivity contribution in [3.63, 3.8) is 0 Å². The summed E-state index contributed by atoms with van der Waals surface area (Å²) in [4.78, 5) is 6.83. The third-order valence-corrected chi connectivity index (χ3v) is 4.58. The Bertz CT molecular complexity index is 495. The van der Waals surface area contributed by atoms with Crippen LogP contribution >= 0.6 is 0 Å². The molecular formula is C17H27N3. The molecule has 2 atom stereocenters. The summed E-state index contributed by atoms with van der Waals surface area (Å²) in [6, 6.07) is 8.56. The topological polar surface area (TPSA) is 41.6 Å². The number of rotatable bonds is 5. The van der Waals surface area contributed by atoms with E-state index in [2.05, 4.69) is 61.9 Å². The zero-order valence-electron chi connectivity index (χ0n) is 13.2. The molecule has 0 amide bonds. The summed E-state index contributed by atoms with van der Waals surface area (Å²) >= 11 is 0. The van der Waals surface area contributed by atoms with Crippen LogP contribution < -0.4 is 10.6 Å². The quantitative estimate of drug-likeness (QED) is 0.888. The minimum absolute atomic E-state index is 0.0489. The number of hydrogen-bond donors (Lipinski definition) is 1. The van der Waals surface area contributed by atoms with Crippen LogP contribution in [0.25, 0.3) is 0 Å². The molecule has 2 rings (SSSR count). The summed E-state index contributed by atoms with van der Waals surface area (Å²) in [6.07, 6.45) is 3.40. The Kier molecular flexibility index (Phi) is 4.36. The molecule has 3 nitrogen and oxygen atoms in total. The van der Waals surface area contributed by atoms with Crippen molar-refractivity contribution in [1.29, 1.82) is 0 Å². The average Bonchev–Trinajstić information content (AvgIpc) is 2.76. The molecule has 1 aliphatic rings. The number of guanidine groups is 1. The molecule has 0 radical (unpaired) electrons. The van der Waals surface area contributed by atoms with E-state index in [0.29, 0.717) is 11.9 Å². The Hall–Kier alpha value is -1.51. The number of benzene rings is 1. The highest BCUT2D eigenvalue weighted by atomic mass is 15.4. The maximum Gasteiger partial charge on any atom is 0.196 e. The number of nitrogens with two attached hydrogens (primary N) is 1. The lowest BCUT2D eigenvalue weighted by Crippen LogP contribution is -2.52. The average molecular weight is 273 g/mol. The van der Waals surface area contributed by atoms with Crippen LogP contribution in [-0.2, 0) is 0 Å². The molecule has 0 saturated heterocycles. The molecule has 0 aliphatic carbocycles. The van der Waals surface area contributed by atoms with Gasteiger partial charge in [-0.1, -0.05) is 39.3 Å². The second-order valence-electron chi connectivity index (χ2n) is 6.14. The Balaban J connectivity index is 2.37. The van der Waals surface area contributed by atoms with E-state index in [1.54, 1.807) is 0 Å². The summed E-state index contributed by atoms with van der Waals surface area (Å²) in [5.74, 6) is 1.35. The molecule has 1 heterocycles. The maximum absolute atomic E-state index is 6.21. The van der Waals surface area contributed by atoms with Crippen LogP contribution in [0.5, 0.6) is 0 Å². The zero-order chi connectivity index (χ0) is 14.8. The van der Waals surface area contributed by atoms with Crippen molar-refractivity contribution in [2.24, 2.45) is 16.6 Å². The molecule has 2 unspecified atom stereocenters. The first-order valence-corrected chi connectivity index (χ1v) is 7.69. The van der Waals surface area contributed by atoms with E-state index >= 15 is 0 Å². The predicted molar refractivity (Wildman–Crippen MR) is 87.2 cm³/mol. The Morgan fingerprint density at radius 2 is 2.15 bits per heavy atom. The van der Waals surface area contributed by atoms with Gasteiger partial charge in [0.15, 0.2) is 5.96 Å². The van der Waals surface area contributed by atoms with Crippen LogP contribution in [0.1, 0.15) is 45.6 Å². The van der Waals surface area contributed by atoms with Crippen molar-refractivity contribution in [2.75, 3.05) is 11.4 Å². The van der Waals surface area contributed by atoms with Gasteiger partial charge in [0.1, 0.15) is 0 Å². The predicted octanol–water partition coefficient (Wildman–Crippen LogP) is 3.71. The number of aliphatic imine (C=N–C) groups is 1. The summed E-state index contributed by atoms with van der Waals surface area (Å²) in [6.45, 7) is 9.76. The highest BCUT2D eigenvalue weighted by molar-refractivity contribution is 5.98. The molecule has 1 aromatic rings. The van der Waals surface area contributed by atoms with Gasteiger partial charge < -0.3 is 10.6 Å². The molecule has 20 heavy (non-hydrogen) atoms. The third kappa shape index (κ3) is 2.67. The summed E-state index contributed by atoms with van der Waals surface area (Å²) < 4.78 is 0. The molecule has 1 aliphatic heterocycles. The van der Waals surface area contributed by atoms with Crippen molar-refractivity contribution in [3.8, 4) is 0 Å². The number of hydrogen-bond acceptors (Lipinski definition) is 3. The normalized spacial score (nSPS) is 23.8. The van der Waals surface area contributed by atoms with Crippen molar-refractivity contribution in [1.82, 2.24) is 0 Å². The Labute approximate surface area is 122 Å². The van der Waals surface area contributed by atoms with Gasteiger partial charge in [-0.05, 0) is 43.4 Å². The summed E-state index contributed by atoms with van der Waals surface area (Å²) in [5.41, 5.74) is 8.69. The maximum atomic E-state index is 6.21. The molecule has 110 valence electrons. The van der Waals surface area contributed by atoms with E-state index in [4.69, 9.17) is 5.73 Å². The van der Waals surface area contributed by atoms with Crippen LogP contribution in [0.15, 0.2) is 29.3 Å². The Morgan fingerprint density at radius 3 is 2.75 bits per heavy atom. The number of aryl methyl sites for hydroxylation is 1. The third-order valence-electron chi connectivity index (χ3n) is 4.58. The van der Waals surface area contributed by atoms with Gasteiger partial charge in [-0.25, -0.2) is 0 Å². The van der Waals surface area contributed by atoms with Crippen LogP contribution in [0.2, 0.25) is 0 Å². The molecule has 1 aromatic carbocycles. The molecule has 0 aromatic heterocycles. The van der Waals surface area contributed by atoms with Gasteiger partial charge in [-0.3, -0.25) is 4.99 Å². The molecule has 0 saturated carbocycles. The number of anilines is 1. The molecule has 2 N–H and O–H groups in total. The first-order chi connectivity index (χ1) is 9.52. The van der Waals surface area contributed by atoms with Gasteiger partial charge >= 0.3 is 0 Å². The fourth-order valence-corrected chi connectivity index (χ4v) is 3.15. The van der Waals surface area contributed by atoms with E-state index in [1.807, 2.05) is 0 Å². The second kappa shape index (κ2) is 5.86. The largest absolute Gasteiger partial charge is 0.369 e. The van der Waals surface area contributed by atoms with Crippen LogP contribution in [0.4, 0.5) is 5.69 Å². The van der Waals surface area contributed by atoms with E-state index in [9.17, 15) is 0 Å². The van der Waals surface area contributed by atoms with Gasteiger partial charge in [-0.2, -0.15) is 0 Å². The highest BCUT2D eigenvalue weighted by Crippen LogP contribution is 2.37. The van der Waals surface area contributed by atoms with Gasteiger partial charge in [0, 0.05) is 5.69 Å². The lowest BCUT2D eigenvalue weighted by Gasteiger charge is -2.40. The van der Waals surface area contributed by atoms with Crippen LogP contribution in [-0.4, -0.2) is 18.0 Å². The molecule has 0 bridgehead atoms. The minimum Gasteiger partial charge on any atom is -0.369 e. The van der Waals surface area contributed by atoms with Gasteiger partial charge in [-0.15, -0.1) is 0 Å². The van der Waals surface area contributed by atoms with Gasteiger partial charge in [0.2, 0.25) is 0 Å². The molecule has 3 heteroatoms. The Morgan fingerprint density at radius 1 is 1.40 bits per heavy atom. The minimum atomic E-state index is 0.0489. The second-order valence-corrected chi connectivity index (χ2v) is 6.14. The molecule has 0 fully saturated rings. The van der Waals surface area contributed by atoms with E-state index < -0.39 is 0 Å². The van der Waals surface area contributed by atoms with E-state index in [0.717, 1.165) is 19.4 Å². The van der Waals surface area contributed by atoms with Crippen LogP contribution in [0.3, 0.4) is 0 Å². The first-order valence-electron chi connectivity index (χ1n) is 7.69. The fourth-order valence-electron chi connectivity index (χ4n) is 3.15. The zero-order valence-corrected chi connectivity index (χ0v) is 13.2. The SMILES string of the molecule is CCC(C)CC1(CC)CN=C(N)N1c1cccc(C)c1. The number of nitrogens with zero attached hydrogens (tertiary/aromatic N) is 2. The van der Waals surface area contributed by atoms with Gasteiger partial charge in [0.25, 0.3) is 0 Å². The van der Waals surface area contributed by atoms with E-state index in [-0.39, 0.29) is 5.54 Å². The van der Waals surface area contributed by atoms with Crippen molar-refractivity contribution < 1.29 is 0 Å². The molecular weight excluding hydrogens is 246 g/mol. The lowest BCUT2D eigenvalue weighted by atomic mass is 9.83. The van der Waals surface area contributed by atoms with Crippen molar-refractivity contribution >= 4 is 11.6 Å². The summed E-state index contributed by atoms with van der Waals surface area (Å²) in [7, 11) is 0. The monoisotopic (exact) mass is 273 g/mol. The van der Waals surface area contributed by atoms with E-state index in [1.165, 1.54) is 17.7 Å². The van der Waals surface area contributed by atoms with Crippen molar-refractivity contribution in [2.45, 2.75) is 52.5 Å². The smallest absolute Gasteiger partial charge is 0.196 e. The van der Waals surface area contributed by atoms with Gasteiger partial charge in [0.05, 0.1) is 12.1 Å². The molecule has 0 spiro atoms.